The maximum Gasteiger partial charge on any atom is 0.338 e. The van der Waals surface area contributed by atoms with Crippen LogP contribution in [0.3, 0.4) is 0 Å². The van der Waals surface area contributed by atoms with E-state index in [1.807, 2.05) is 6.92 Å². The Morgan fingerprint density at radius 2 is 2.16 bits per heavy atom. The van der Waals surface area contributed by atoms with Crippen LogP contribution >= 0.6 is 11.8 Å². The molecular weight excluding hydrogens is 271 g/mol. The van der Waals surface area contributed by atoms with Crippen LogP contribution in [0.4, 0.5) is 4.39 Å². The molecule has 0 atom stereocenters. The van der Waals surface area contributed by atoms with Crippen molar-refractivity contribution < 1.29 is 18.7 Å². The predicted octanol–water partition coefficient (Wildman–Crippen LogP) is 2.76. The maximum atomic E-state index is 13.2. The van der Waals surface area contributed by atoms with Gasteiger partial charge in [0.1, 0.15) is 5.82 Å². The fourth-order valence-electron chi connectivity index (χ4n) is 1.39. The lowest BCUT2D eigenvalue weighted by molar-refractivity contribution is 0.0691. The van der Waals surface area contributed by atoms with E-state index in [1.165, 1.54) is 23.9 Å². The van der Waals surface area contributed by atoms with Crippen molar-refractivity contribution in [3.63, 3.8) is 0 Å². The molecule has 0 saturated carbocycles. The molecule has 0 aliphatic rings. The number of nitrogens with zero attached hydrogens (tertiary/aromatic N) is 2. The Hall–Kier alpha value is -1.89. The zero-order valence-corrected chi connectivity index (χ0v) is 10.9. The Morgan fingerprint density at radius 1 is 1.42 bits per heavy atom. The minimum Gasteiger partial charge on any atom is -0.478 e. The van der Waals surface area contributed by atoms with E-state index in [4.69, 9.17) is 9.52 Å². The lowest BCUT2D eigenvalue weighted by Gasteiger charge is -2.02. The molecule has 0 amide bonds. The molecular formula is C12H11FN2O3S. The summed E-state index contributed by atoms with van der Waals surface area (Å²) in [6, 6.07) is 3.94. The van der Waals surface area contributed by atoms with E-state index < -0.39 is 11.8 Å². The number of hydrogen-bond donors (Lipinski definition) is 1. The minimum absolute atomic E-state index is 0.343. The van der Waals surface area contributed by atoms with Crippen LogP contribution in [0.2, 0.25) is 0 Å². The fraction of sp³-hybridized carbons (Fsp3) is 0.250. The van der Waals surface area contributed by atoms with Crippen molar-refractivity contribution in [1.82, 2.24) is 10.2 Å². The van der Waals surface area contributed by atoms with Crippen LogP contribution < -0.4 is 0 Å². The first-order chi connectivity index (χ1) is 9.10. The van der Waals surface area contributed by atoms with Gasteiger partial charge in [-0.2, -0.15) is 0 Å². The lowest BCUT2D eigenvalue weighted by Crippen LogP contribution is -2.00. The molecule has 0 spiro atoms. The fourth-order valence-corrected chi connectivity index (χ4v) is 2.16. The van der Waals surface area contributed by atoms with Gasteiger partial charge in [-0.05, 0) is 18.2 Å². The Labute approximate surface area is 112 Å². The number of halogens is 1. The van der Waals surface area contributed by atoms with Gasteiger partial charge in [-0.25, -0.2) is 9.18 Å². The molecule has 7 heteroatoms. The average molecular weight is 282 g/mol. The van der Waals surface area contributed by atoms with E-state index in [0.717, 1.165) is 6.07 Å². The summed E-state index contributed by atoms with van der Waals surface area (Å²) in [6.45, 7) is 1.91. The number of aryl methyl sites for hydroxylation is 1. The zero-order chi connectivity index (χ0) is 13.8. The highest BCUT2D eigenvalue weighted by Crippen LogP contribution is 2.24. The number of rotatable bonds is 5. The van der Waals surface area contributed by atoms with Gasteiger partial charge in [0.2, 0.25) is 11.8 Å². The van der Waals surface area contributed by atoms with Crippen LogP contribution in [-0.4, -0.2) is 21.3 Å². The van der Waals surface area contributed by atoms with Gasteiger partial charge in [-0.15, -0.1) is 22.0 Å². The monoisotopic (exact) mass is 282 g/mol. The van der Waals surface area contributed by atoms with E-state index in [9.17, 15) is 9.18 Å². The average Bonchev–Trinajstić information content (AvgIpc) is 2.85. The number of thioether (sulfide) groups is 1. The zero-order valence-electron chi connectivity index (χ0n) is 10.1. The van der Waals surface area contributed by atoms with Crippen molar-refractivity contribution in [1.29, 1.82) is 0 Å². The summed E-state index contributed by atoms with van der Waals surface area (Å²) in [5.74, 6) is -0.601. The number of benzene rings is 1. The standard InChI is InChI=1S/C12H11FN2O3S/c1-2-10-14-15-11(18-10)6-19-7-3-4-9(13)8(5-7)12(16)17/h3-5H,2,6H2,1H3,(H,16,17). The second-order valence-corrected chi connectivity index (χ2v) is 4.73. The summed E-state index contributed by atoms with van der Waals surface area (Å²) in [7, 11) is 0. The van der Waals surface area contributed by atoms with Crippen LogP contribution in [0.5, 0.6) is 0 Å². The molecule has 2 aromatic rings. The first kappa shape index (κ1) is 13.5. The van der Waals surface area contributed by atoms with E-state index in [-0.39, 0.29) is 5.56 Å². The molecule has 5 nitrogen and oxygen atoms in total. The SMILES string of the molecule is CCc1nnc(CSc2ccc(F)c(C(=O)O)c2)o1. The molecule has 0 unspecified atom stereocenters. The number of carboxylic acid groups (broad SMARTS) is 1. The quantitative estimate of drug-likeness (QED) is 0.850. The van der Waals surface area contributed by atoms with Gasteiger partial charge >= 0.3 is 5.97 Å². The highest BCUT2D eigenvalue weighted by molar-refractivity contribution is 7.98. The van der Waals surface area contributed by atoms with E-state index in [0.29, 0.717) is 28.9 Å². The van der Waals surface area contributed by atoms with Crippen LogP contribution in [0, 0.1) is 5.82 Å². The summed E-state index contributed by atoms with van der Waals surface area (Å²) in [4.78, 5) is 11.4. The molecule has 0 bridgehead atoms. The Bertz CT molecular complexity index is 600. The van der Waals surface area contributed by atoms with Gasteiger partial charge < -0.3 is 9.52 Å². The number of aromatic nitrogens is 2. The van der Waals surface area contributed by atoms with Crippen LogP contribution in [0.25, 0.3) is 0 Å². The van der Waals surface area contributed by atoms with Crippen LogP contribution in [0.15, 0.2) is 27.5 Å². The van der Waals surface area contributed by atoms with E-state index in [1.54, 1.807) is 0 Å². The molecule has 0 aliphatic heterocycles. The third-order valence-electron chi connectivity index (χ3n) is 2.34. The Balaban J connectivity index is 2.07. The highest BCUT2D eigenvalue weighted by Gasteiger charge is 2.12. The first-order valence-electron chi connectivity index (χ1n) is 5.57. The topological polar surface area (TPSA) is 76.2 Å². The molecule has 19 heavy (non-hydrogen) atoms. The van der Waals surface area contributed by atoms with E-state index >= 15 is 0 Å². The van der Waals surface area contributed by atoms with Crippen molar-refractivity contribution in [2.24, 2.45) is 0 Å². The number of aromatic carboxylic acids is 1. The molecule has 2 rings (SSSR count). The first-order valence-corrected chi connectivity index (χ1v) is 6.55. The molecule has 1 heterocycles. The van der Waals surface area contributed by atoms with Gasteiger partial charge in [0, 0.05) is 11.3 Å². The van der Waals surface area contributed by atoms with Crippen molar-refractivity contribution in [2.45, 2.75) is 24.0 Å². The number of carboxylic acids is 1. The maximum absolute atomic E-state index is 13.2. The summed E-state index contributed by atoms with van der Waals surface area (Å²) in [6.07, 6.45) is 0.664. The molecule has 0 aliphatic carbocycles. The smallest absolute Gasteiger partial charge is 0.338 e. The van der Waals surface area contributed by atoms with Crippen LogP contribution in [-0.2, 0) is 12.2 Å². The van der Waals surface area contributed by atoms with Crippen LogP contribution in [0.1, 0.15) is 29.1 Å². The number of hydrogen-bond acceptors (Lipinski definition) is 5. The predicted molar refractivity (Wildman–Crippen MR) is 66.6 cm³/mol. The third kappa shape index (κ3) is 3.31. The summed E-state index contributed by atoms with van der Waals surface area (Å²) in [5.41, 5.74) is -0.343. The minimum atomic E-state index is -1.29. The van der Waals surface area contributed by atoms with Gasteiger partial charge in [0.05, 0.1) is 11.3 Å². The molecule has 1 N–H and O–H groups in total. The Morgan fingerprint density at radius 3 is 2.79 bits per heavy atom. The molecule has 1 aromatic carbocycles. The van der Waals surface area contributed by atoms with Gasteiger partial charge in [-0.1, -0.05) is 6.92 Å². The van der Waals surface area contributed by atoms with Crippen molar-refractivity contribution in [3.8, 4) is 0 Å². The lowest BCUT2D eigenvalue weighted by atomic mass is 10.2. The van der Waals surface area contributed by atoms with Crippen molar-refractivity contribution in [2.75, 3.05) is 0 Å². The van der Waals surface area contributed by atoms with Gasteiger partial charge in [0.25, 0.3) is 0 Å². The largest absolute Gasteiger partial charge is 0.478 e. The third-order valence-corrected chi connectivity index (χ3v) is 3.32. The summed E-state index contributed by atoms with van der Waals surface area (Å²) in [5, 5.41) is 16.5. The highest BCUT2D eigenvalue weighted by atomic mass is 32.2. The normalized spacial score (nSPS) is 10.6. The second kappa shape index (κ2) is 5.83. The molecule has 0 radical (unpaired) electrons. The van der Waals surface area contributed by atoms with Crippen molar-refractivity contribution in [3.05, 3.63) is 41.4 Å². The van der Waals surface area contributed by atoms with Gasteiger partial charge in [-0.3, -0.25) is 0 Å². The van der Waals surface area contributed by atoms with Gasteiger partial charge in [0.15, 0.2) is 0 Å². The summed E-state index contributed by atoms with van der Waals surface area (Å²) < 4.78 is 18.5. The second-order valence-electron chi connectivity index (χ2n) is 3.68. The summed E-state index contributed by atoms with van der Waals surface area (Å²) >= 11 is 1.31. The molecule has 100 valence electrons. The molecule has 1 aromatic heterocycles. The molecule has 0 fully saturated rings. The van der Waals surface area contributed by atoms with E-state index in [2.05, 4.69) is 10.2 Å². The Kier molecular flexibility index (Phi) is 4.16. The molecule has 0 saturated heterocycles. The van der Waals surface area contributed by atoms with Crippen molar-refractivity contribution >= 4 is 17.7 Å². The number of carbonyl (C=O) groups is 1.